The Labute approximate surface area is 82.5 Å². The molecule has 0 aliphatic heterocycles. The molecule has 4 N–H and O–H groups in total. The van der Waals surface area contributed by atoms with E-state index in [4.69, 9.17) is 10.8 Å². The van der Waals surface area contributed by atoms with Gasteiger partial charge in [-0.3, -0.25) is 9.59 Å². The molecule has 0 fully saturated rings. The van der Waals surface area contributed by atoms with Gasteiger partial charge in [0.05, 0.1) is 17.8 Å². The largest absolute Gasteiger partial charge is 0.481 e. The molecule has 7 heteroatoms. The third-order valence-electron chi connectivity index (χ3n) is 1.76. The normalized spacial score (nSPS) is 10.6. The first-order valence-electron chi connectivity index (χ1n) is 3.93. The van der Waals surface area contributed by atoms with Gasteiger partial charge in [-0.05, 0) is 0 Å². The molecule has 0 bridgehead atoms. The van der Waals surface area contributed by atoms with Crippen LogP contribution in [0.25, 0.3) is 0 Å². The Kier molecular flexibility index (Phi) is 3.03. The standard InChI is InChI=1S/C8H8F2N2O3/c9-8(10)3-1-5(13)12-4(7(3)11)2-6(14)15/h1,8H,2,11H2,(H,12,13)(H,14,15). The van der Waals surface area contributed by atoms with Crippen LogP contribution in [0.15, 0.2) is 10.9 Å². The van der Waals surface area contributed by atoms with Crippen LogP contribution in [0.1, 0.15) is 17.7 Å². The lowest BCUT2D eigenvalue weighted by Crippen LogP contribution is -2.16. The Morgan fingerprint density at radius 3 is 2.67 bits per heavy atom. The average molecular weight is 218 g/mol. The minimum Gasteiger partial charge on any atom is -0.481 e. The monoisotopic (exact) mass is 218 g/mol. The molecule has 0 aliphatic carbocycles. The summed E-state index contributed by atoms with van der Waals surface area (Å²) in [5, 5.41) is 8.45. The van der Waals surface area contributed by atoms with E-state index in [1.807, 2.05) is 0 Å². The second-order valence-electron chi connectivity index (χ2n) is 2.85. The van der Waals surface area contributed by atoms with E-state index in [0.29, 0.717) is 6.07 Å². The molecule has 0 saturated carbocycles. The van der Waals surface area contributed by atoms with E-state index in [0.717, 1.165) is 0 Å². The number of hydrogen-bond donors (Lipinski definition) is 3. The van der Waals surface area contributed by atoms with Crippen LogP contribution in [0.2, 0.25) is 0 Å². The maximum atomic E-state index is 12.3. The minimum atomic E-state index is -2.90. The third kappa shape index (κ3) is 2.52. The number of alkyl halides is 2. The lowest BCUT2D eigenvalue weighted by molar-refractivity contribution is -0.136. The van der Waals surface area contributed by atoms with Gasteiger partial charge < -0.3 is 15.8 Å². The first kappa shape index (κ1) is 11.2. The van der Waals surface area contributed by atoms with Crippen LogP contribution < -0.4 is 11.3 Å². The molecule has 5 nitrogen and oxygen atoms in total. The Bertz CT molecular complexity index is 442. The van der Waals surface area contributed by atoms with Crippen LogP contribution in [0.5, 0.6) is 0 Å². The van der Waals surface area contributed by atoms with E-state index in [1.165, 1.54) is 0 Å². The lowest BCUT2D eigenvalue weighted by Gasteiger charge is -2.07. The fourth-order valence-corrected chi connectivity index (χ4v) is 1.12. The first-order chi connectivity index (χ1) is 6.91. The number of anilines is 1. The first-order valence-corrected chi connectivity index (χ1v) is 3.93. The zero-order valence-electron chi connectivity index (χ0n) is 7.46. The number of aromatic amines is 1. The summed E-state index contributed by atoms with van der Waals surface area (Å²) in [4.78, 5) is 23.4. The summed E-state index contributed by atoms with van der Waals surface area (Å²) in [6, 6.07) is 0.658. The van der Waals surface area contributed by atoms with Crippen molar-refractivity contribution >= 4 is 11.7 Å². The topological polar surface area (TPSA) is 96.2 Å². The van der Waals surface area contributed by atoms with Gasteiger partial charge in [0.1, 0.15) is 0 Å². The van der Waals surface area contributed by atoms with Crippen LogP contribution in [-0.4, -0.2) is 16.1 Å². The van der Waals surface area contributed by atoms with Crippen molar-refractivity contribution in [3.8, 4) is 0 Å². The third-order valence-corrected chi connectivity index (χ3v) is 1.76. The van der Waals surface area contributed by atoms with Crippen LogP contribution >= 0.6 is 0 Å². The van der Waals surface area contributed by atoms with Gasteiger partial charge in [-0.2, -0.15) is 0 Å². The summed E-state index contributed by atoms with van der Waals surface area (Å²) in [5.41, 5.74) is 3.26. The zero-order chi connectivity index (χ0) is 11.6. The molecular formula is C8H8F2N2O3. The van der Waals surface area contributed by atoms with Crippen molar-refractivity contribution in [1.29, 1.82) is 0 Å². The van der Waals surface area contributed by atoms with Gasteiger partial charge in [-0.15, -0.1) is 0 Å². The summed E-state index contributed by atoms with van der Waals surface area (Å²) in [7, 11) is 0. The number of H-pyrrole nitrogens is 1. The number of carboxylic acid groups (broad SMARTS) is 1. The van der Waals surface area contributed by atoms with Crippen molar-refractivity contribution in [2.75, 3.05) is 5.73 Å². The highest BCUT2D eigenvalue weighted by Gasteiger charge is 2.17. The number of rotatable bonds is 3. The van der Waals surface area contributed by atoms with Gasteiger partial charge in [0.25, 0.3) is 6.43 Å². The molecule has 0 aromatic carbocycles. The molecule has 0 radical (unpaired) electrons. The van der Waals surface area contributed by atoms with Crippen molar-refractivity contribution in [2.24, 2.45) is 0 Å². The van der Waals surface area contributed by atoms with E-state index >= 15 is 0 Å². The highest BCUT2D eigenvalue weighted by molar-refractivity contribution is 5.72. The number of halogens is 2. The molecule has 0 spiro atoms. The second kappa shape index (κ2) is 4.07. The smallest absolute Gasteiger partial charge is 0.309 e. The molecule has 82 valence electrons. The van der Waals surface area contributed by atoms with Gasteiger partial charge in [0.15, 0.2) is 0 Å². The van der Waals surface area contributed by atoms with E-state index in [-0.39, 0.29) is 11.4 Å². The Hall–Kier alpha value is -1.92. The lowest BCUT2D eigenvalue weighted by atomic mass is 10.1. The molecule has 15 heavy (non-hydrogen) atoms. The molecule has 0 aliphatic rings. The summed E-state index contributed by atoms with van der Waals surface area (Å²) in [6.07, 6.45) is -3.50. The number of pyridine rings is 1. The molecule has 0 atom stereocenters. The van der Waals surface area contributed by atoms with Crippen molar-refractivity contribution < 1.29 is 18.7 Å². The SMILES string of the molecule is Nc1c(C(F)F)cc(=O)[nH]c1CC(=O)O. The highest BCUT2D eigenvalue weighted by Crippen LogP contribution is 2.25. The number of hydrogen-bond acceptors (Lipinski definition) is 3. The fraction of sp³-hybridized carbons (Fsp3) is 0.250. The highest BCUT2D eigenvalue weighted by atomic mass is 19.3. The molecule has 1 aromatic rings. The summed E-state index contributed by atoms with van der Waals surface area (Å²) in [6.45, 7) is 0. The van der Waals surface area contributed by atoms with Crippen molar-refractivity contribution in [2.45, 2.75) is 12.8 Å². The number of nitrogens with two attached hydrogens (primary N) is 1. The number of carboxylic acids is 1. The molecule has 0 amide bonds. The predicted molar refractivity (Wildman–Crippen MR) is 47.8 cm³/mol. The number of carbonyl (C=O) groups is 1. The number of aliphatic carboxylic acids is 1. The van der Waals surface area contributed by atoms with Crippen molar-refractivity contribution in [3.63, 3.8) is 0 Å². The van der Waals surface area contributed by atoms with E-state index in [2.05, 4.69) is 4.98 Å². The Morgan fingerprint density at radius 1 is 1.60 bits per heavy atom. The average Bonchev–Trinajstić information content (AvgIpc) is 2.09. The predicted octanol–water partition coefficient (Wildman–Crippen LogP) is 0.522. The zero-order valence-corrected chi connectivity index (χ0v) is 7.46. The maximum absolute atomic E-state index is 12.3. The van der Waals surface area contributed by atoms with Gasteiger partial charge in [-0.25, -0.2) is 8.78 Å². The van der Waals surface area contributed by atoms with Gasteiger partial charge >= 0.3 is 5.97 Å². The second-order valence-corrected chi connectivity index (χ2v) is 2.85. The maximum Gasteiger partial charge on any atom is 0.309 e. The van der Waals surface area contributed by atoms with Crippen LogP contribution in [0.3, 0.4) is 0 Å². The molecular weight excluding hydrogens is 210 g/mol. The Morgan fingerprint density at radius 2 is 2.20 bits per heavy atom. The van der Waals surface area contributed by atoms with Crippen LogP contribution in [-0.2, 0) is 11.2 Å². The van der Waals surface area contributed by atoms with E-state index < -0.39 is 29.9 Å². The molecule has 0 saturated heterocycles. The fourth-order valence-electron chi connectivity index (χ4n) is 1.12. The molecule has 1 rings (SSSR count). The van der Waals surface area contributed by atoms with Crippen molar-refractivity contribution in [3.05, 3.63) is 27.7 Å². The van der Waals surface area contributed by atoms with Crippen molar-refractivity contribution in [1.82, 2.24) is 4.98 Å². The molecule has 1 heterocycles. The number of aromatic nitrogens is 1. The summed E-state index contributed by atoms with van der Waals surface area (Å²) in [5.74, 6) is -1.26. The van der Waals surface area contributed by atoms with E-state index in [9.17, 15) is 18.4 Å². The van der Waals surface area contributed by atoms with Gasteiger partial charge in [0.2, 0.25) is 5.56 Å². The number of nitrogens with one attached hydrogen (secondary N) is 1. The summed E-state index contributed by atoms with van der Waals surface area (Å²) >= 11 is 0. The number of nitrogen functional groups attached to an aromatic ring is 1. The molecule has 0 unspecified atom stereocenters. The summed E-state index contributed by atoms with van der Waals surface area (Å²) < 4.78 is 24.7. The minimum absolute atomic E-state index is 0.203. The van der Waals surface area contributed by atoms with Crippen LogP contribution in [0, 0.1) is 0 Å². The van der Waals surface area contributed by atoms with E-state index in [1.54, 1.807) is 0 Å². The van der Waals surface area contributed by atoms with Crippen LogP contribution in [0.4, 0.5) is 14.5 Å². The quantitative estimate of drug-likeness (QED) is 0.689. The van der Waals surface area contributed by atoms with Gasteiger partial charge in [-0.1, -0.05) is 0 Å². The Balaban J connectivity index is 3.28. The van der Waals surface area contributed by atoms with Gasteiger partial charge in [0, 0.05) is 11.6 Å². The molecule has 1 aromatic heterocycles.